The van der Waals surface area contributed by atoms with E-state index in [0.29, 0.717) is 39.5 Å². The van der Waals surface area contributed by atoms with E-state index in [4.69, 9.17) is 32.5 Å². The van der Waals surface area contributed by atoms with Crippen LogP contribution in [0.5, 0.6) is 0 Å². The van der Waals surface area contributed by atoms with Crippen molar-refractivity contribution in [3.63, 3.8) is 0 Å². The smallest absolute Gasteiger partial charge is 0.349 e. The zero-order valence-electron chi connectivity index (χ0n) is 20.4. The molecule has 4 aromatic rings. The number of halogens is 2. The van der Waals surface area contributed by atoms with E-state index < -0.39 is 11.2 Å². The third-order valence-electron chi connectivity index (χ3n) is 7.04. The van der Waals surface area contributed by atoms with Gasteiger partial charge in [-0.1, -0.05) is 34.4 Å². The van der Waals surface area contributed by atoms with Crippen LogP contribution in [0.4, 0.5) is 5.69 Å². The van der Waals surface area contributed by atoms with E-state index in [1.807, 2.05) is 30.3 Å². The second-order valence-corrected chi connectivity index (χ2v) is 10.4. The number of hydrogen-bond donors (Lipinski definition) is 1. The largest absolute Gasteiger partial charge is 0.373 e. The van der Waals surface area contributed by atoms with Gasteiger partial charge in [0.05, 0.1) is 28.4 Å². The summed E-state index contributed by atoms with van der Waals surface area (Å²) in [6.45, 7) is 2.07. The van der Waals surface area contributed by atoms with Crippen LogP contribution in [0.15, 0.2) is 62.8 Å². The van der Waals surface area contributed by atoms with Gasteiger partial charge in [0.2, 0.25) is 0 Å². The Morgan fingerprint density at radius 2 is 1.66 bits per heavy atom. The molecule has 38 heavy (non-hydrogen) atoms. The molecule has 11 heteroatoms. The van der Waals surface area contributed by atoms with Gasteiger partial charge in [0.15, 0.2) is 0 Å². The Morgan fingerprint density at radius 1 is 0.974 bits per heavy atom. The molecule has 9 nitrogen and oxygen atoms in total. The van der Waals surface area contributed by atoms with Crippen molar-refractivity contribution in [2.45, 2.75) is 44.3 Å². The highest BCUT2D eigenvalue weighted by Crippen LogP contribution is 2.46. The van der Waals surface area contributed by atoms with Crippen LogP contribution in [0.25, 0.3) is 16.9 Å². The minimum absolute atomic E-state index is 0.103. The Bertz CT molecular complexity index is 1550. The first-order chi connectivity index (χ1) is 18.5. The minimum Gasteiger partial charge on any atom is -0.373 e. The fourth-order valence-corrected chi connectivity index (χ4v) is 5.45. The Morgan fingerprint density at radius 3 is 2.32 bits per heavy atom. The average Bonchev–Trinajstić information content (AvgIpc) is 3.68. The molecule has 0 bridgehead atoms. The van der Waals surface area contributed by atoms with Crippen molar-refractivity contribution in [1.82, 2.24) is 19.9 Å². The molecule has 0 radical (unpaired) electrons. The number of anilines is 1. The zero-order chi connectivity index (χ0) is 26.2. The molecular formula is C27H25Cl2N5O4. The molecule has 2 aromatic carbocycles. The Labute approximate surface area is 227 Å². The molecular weight excluding hydrogens is 529 g/mol. The summed E-state index contributed by atoms with van der Waals surface area (Å²) in [6, 6.07) is 13.0. The van der Waals surface area contributed by atoms with Crippen molar-refractivity contribution in [1.29, 1.82) is 0 Å². The Hall–Kier alpha value is -3.40. The summed E-state index contributed by atoms with van der Waals surface area (Å²) in [4.78, 5) is 27.8. The topological polar surface area (TPSA) is 106 Å². The summed E-state index contributed by atoms with van der Waals surface area (Å²) in [5.74, 6) is 1.26. The summed E-state index contributed by atoms with van der Waals surface area (Å²) < 4.78 is 13.3. The first kappa shape index (κ1) is 24.9. The quantitative estimate of drug-likeness (QED) is 0.345. The molecule has 3 heterocycles. The maximum absolute atomic E-state index is 12.0. The number of aromatic amines is 1. The van der Waals surface area contributed by atoms with Gasteiger partial charge in [-0.25, -0.2) is 4.79 Å². The molecule has 1 saturated heterocycles. The van der Waals surface area contributed by atoms with Crippen molar-refractivity contribution < 1.29 is 9.26 Å². The normalized spacial score (nSPS) is 16.2. The van der Waals surface area contributed by atoms with E-state index in [9.17, 15) is 9.59 Å². The molecule has 2 fully saturated rings. The molecule has 6 rings (SSSR count). The first-order valence-corrected chi connectivity index (χ1v) is 13.3. The number of hydrogen-bond acceptors (Lipinski definition) is 7. The van der Waals surface area contributed by atoms with Crippen molar-refractivity contribution >= 4 is 28.9 Å². The van der Waals surface area contributed by atoms with Crippen LogP contribution >= 0.6 is 23.2 Å². The Kier molecular flexibility index (Phi) is 6.82. The third-order valence-corrected chi connectivity index (χ3v) is 7.67. The number of nitrogens with one attached hydrogen (secondary N) is 1. The van der Waals surface area contributed by atoms with Gasteiger partial charge in [0.1, 0.15) is 17.7 Å². The van der Waals surface area contributed by atoms with Crippen LogP contribution in [0, 0.1) is 0 Å². The maximum Gasteiger partial charge on any atom is 0.349 e. The number of ether oxygens (including phenoxy) is 1. The van der Waals surface area contributed by atoms with Crippen molar-refractivity contribution in [2.24, 2.45) is 0 Å². The number of piperidine rings is 1. The molecule has 0 unspecified atom stereocenters. The molecule has 0 amide bonds. The first-order valence-electron chi connectivity index (χ1n) is 12.6. The summed E-state index contributed by atoms with van der Waals surface area (Å²) in [7, 11) is 0. The van der Waals surface area contributed by atoms with Gasteiger partial charge in [0, 0.05) is 35.8 Å². The van der Waals surface area contributed by atoms with Crippen LogP contribution in [0.3, 0.4) is 0 Å². The van der Waals surface area contributed by atoms with Crippen LogP contribution in [-0.2, 0) is 11.3 Å². The van der Waals surface area contributed by atoms with Crippen molar-refractivity contribution in [3.05, 3.63) is 90.9 Å². The molecule has 1 N–H and O–H groups in total. The highest BCUT2D eigenvalue weighted by molar-refractivity contribution is 6.39. The van der Waals surface area contributed by atoms with Crippen LogP contribution < -0.4 is 16.1 Å². The number of benzene rings is 2. The standard InChI is InChI=1S/C27H25Cl2N5O4/c28-21-2-1-3-22(29)24(21)25-20(26(38-32-25)16-4-5-16)15-37-19-10-12-33(13-11-19)17-6-8-18(9-7-17)34-27(36)31-23(35)14-30-34/h1-3,6-9,14,16,19H,4-5,10-13,15H2,(H,31,35,36). The number of aromatic nitrogens is 4. The van der Waals surface area contributed by atoms with E-state index in [1.54, 1.807) is 12.1 Å². The second kappa shape index (κ2) is 10.4. The summed E-state index contributed by atoms with van der Waals surface area (Å²) in [5.41, 5.74) is 2.83. The number of rotatable bonds is 7. The highest BCUT2D eigenvalue weighted by atomic mass is 35.5. The lowest BCUT2D eigenvalue weighted by Gasteiger charge is -2.33. The van der Waals surface area contributed by atoms with Gasteiger partial charge in [-0.2, -0.15) is 9.78 Å². The molecule has 196 valence electrons. The van der Waals surface area contributed by atoms with Crippen molar-refractivity contribution in [2.75, 3.05) is 18.0 Å². The molecule has 2 aliphatic rings. The molecule has 0 spiro atoms. The molecule has 1 saturated carbocycles. The van der Waals surface area contributed by atoms with E-state index in [2.05, 4.69) is 20.1 Å². The lowest BCUT2D eigenvalue weighted by molar-refractivity contribution is 0.0246. The van der Waals surface area contributed by atoms with Gasteiger partial charge in [-0.15, -0.1) is 0 Å². The lowest BCUT2D eigenvalue weighted by atomic mass is 10.0. The highest BCUT2D eigenvalue weighted by Gasteiger charge is 2.34. The van der Waals surface area contributed by atoms with E-state index in [1.165, 1.54) is 0 Å². The van der Waals surface area contributed by atoms with Crippen LogP contribution in [0.1, 0.15) is 42.9 Å². The zero-order valence-corrected chi connectivity index (χ0v) is 21.9. The van der Waals surface area contributed by atoms with Gasteiger partial charge in [0.25, 0.3) is 5.56 Å². The predicted octanol–water partition coefficient (Wildman–Crippen LogP) is 4.95. The Balaban J connectivity index is 1.11. The SMILES string of the molecule is O=c1cnn(-c2ccc(N3CCC(OCc4c(-c5c(Cl)cccc5Cl)noc4C4CC4)CC3)cc2)c(=O)[nH]1. The maximum atomic E-state index is 12.0. The third kappa shape index (κ3) is 5.01. The molecule has 2 aromatic heterocycles. The average molecular weight is 554 g/mol. The van der Waals surface area contributed by atoms with Gasteiger partial charge < -0.3 is 14.2 Å². The number of H-pyrrole nitrogens is 1. The molecule has 1 aliphatic heterocycles. The number of nitrogens with zero attached hydrogens (tertiary/aromatic N) is 4. The van der Waals surface area contributed by atoms with Crippen molar-refractivity contribution in [3.8, 4) is 16.9 Å². The van der Waals surface area contributed by atoms with Gasteiger partial charge in [-0.05, 0) is 62.1 Å². The summed E-state index contributed by atoms with van der Waals surface area (Å²) in [6.07, 6.45) is 5.10. The van der Waals surface area contributed by atoms with E-state index in [-0.39, 0.29) is 6.10 Å². The second-order valence-electron chi connectivity index (χ2n) is 9.61. The fraction of sp³-hybridized carbons (Fsp3) is 0.333. The molecule has 1 aliphatic carbocycles. The van der Waals surface area contributed by atoms with E-state index >= 15 is 0 Å². The predicted molar refractivity (Wildman–Crippen MR) is 144 cm³/mol. The van der Waals surface area contributed by atoms with Crippen LogP contribution in [-0.4, -0.2) is 39.1 Å². The minimum atomic E-state index is -0.569. The summed E-state index contributed by atoms with van der Waals surface area (Å²) in [5, 5.41) is 9.32. The van der Waals surface area contributed by atoms with Gasteiger partial charge in [-0.3, -0.25) is 9.78 Å². The van der Waals surface area contributed by atoms with Gasteiger partial charge >= 0.3 is 5.69 Å². The lowest BCUT2D eigenvalue weighted by Crippen LogP contribution is -2.37. The monoisotopic (exact) mass is 553 g/mol. The van der Waals surface area contributed by atoms with Crippen LogP contribution in [0.2, 0.25) is 10.0 Å². The fourth-order valence-electron chi connectivity index (χ4n) is 4.87. The molecule has 0 atom stereocenters. The summed E-state index contributed by atoms with van der Waals surface area (Å²) >= 11 is 13.0. The van der Waals surface area contributed by atoms with E-state index in [0.717, 1.165) is 66.7 Å².